The molecule has 0 bridgehead atoms. The van der Waals surface area contributed by atoms with Gasteiger partial charge in [0.15, 0.2) is 22.4 Å². The van der Waals surface area contributed by atoms with Crippen molar-refractivity contribution in [2.45, 2.75) is 25.6 Å². The van der Waals surface area contributed by atoms with Crippen LogP contribution in [0, 0.1) is 0 Å². The number of ether oxygens (including phenoxy) is 1. The minimum Gasteiger partial charge on any atom is -0.507 e. The maximum Gasteiger partial charge on any atom is 0.336 e. The van der Waals surface area contributed by atoms with Crippen LogP contribution in [-0.2, 0) is 10.3 Å². The summed E-state index contributed by atoms with van der Waals surface area (Å²) in [5, 5.41) is 29.7. The first kappa shape index (κ1) is 20.7. The molecule has 3 aromatic rings. The summed E-state index contributed by atoms with van der Waals surface area (Å²) in [5.74, 6) is -4.32. The van der Waals surface area contributed by atoms with Crippen molar-refractivity contribution in [2.75, 3.05) is 0 Å². The van der Waals surface area contributed by atoms with Gasteiger partial charge in [0, 0.05) is 11.6 Å². The molecular formula is C24H16O9. The van der Waals surface area contributed by atoms with Crippen LogP contribution in [0.4, 0.5) is 0 Å². The van der Waals surface area contributed by atoms with Crippen LogP contribution in [0.25, 0.3) is 11.0 Å². The Kier molecular flexibility index (Phi) is 4.15. The number of hydrogen-bond donors (Lipinski definition) is 3. The molecule has 1 fully saturated rings. The SMILES string of the molecule is C/C=C\[C@H]1O[C@@]1(C)c1cc(=O)c2c(C(=O)O)cc3c(c2o1)C(=O)c1c(O)ccc(O)c1C3=O. The van der Waals surface area contributed by atoms with Gasteiger partial charge < -0.3 is 24.5 Å². The van der Waals surface area contributed by atoms with Gasteiger partial charge in [0.05, 0.1) is 27.6 Å². The Morgan fingerprint density at radius 3 is 2.27 bits per heavy atom. The van der Waals surface area contributed by atoms with Gasteiger partial charge in [0.1, 0.15) is 23.4 Å². The summed E-state index contributed by atoms with van der Waals surface area (Å²) < 4.78 is 11.5. The average Bonchev–Trinajstić information content (AvgIpc) is 3.43. The number of carboxylic acids is 1. The van der Waals surface area contributed by atoms with Gasteiger partial charge in [-0.2, -0.15) is 0 Å². The molecule has 1 aliphatic carbocycles. The smallest absolute Gasteiger partial charge is 0.336 e. The predicted octanol–water partition coefficient (Wildman–Crippen LogP) is 2.87. The number of hydrogen-bond acceptors (Lipinski definition) is 8. The molecule has 5 rings (SSSR count). The molecule has 9 nitrogen and oxygen atoms in total. The molecule has 1 aliphatic heterocycles. The first-order chi connectivity index (χ1) is 15.6. The monoisotopic (exact) mass is 448 g/mol. The lowest BCUT2D eigenvalue weighted by Gasteiger charge is -2.21. The normalized spacial score (nSPS) is 21.3. The Balaban J connectivity index is 1.89. The maximum atomic E-state index is 13.4. The molecule has 9 heteroatoms. The number of rotatable bonds is 3. The highest BCUT2D eigenvalue weighted by molar-refractivity contribution is 6.34. The zero-order valence-electron chi connectivity index (χ0n) is 17.3. The van der Waals surface area contributed by atoms with Gasteiger partial charge in [-0.25, -0.2) is 4.79 Å². The van der Waals surface area contributed by atoms with Gasteiger partial charge in [0.2, 0.25) is 5.78 Å². The number of benzene rings is 2. The molecule has 0 amide bonds. The van der Waals surface area contributed by atoms with Crippen LogP contribution < -0.4 is 5.43 Å². The molecule has 1 saturated heterocycles. The molecule has 2 aliphatic rings. The molecule has 0 unspecified atom stereocenters. The molecular weight excluding hydrogens is 432 g/mol. The number of ketones is 2. The van der Waals surface area contributed by atoms with Crippen LogP contribution in [0.2, 0.25) is 0 Å². The van der Waals surface area contributed by atoms with E-state index in [4.69, 9.17) is 9.15 Å². The fraction of sp³-hybridized carbons (Fsp3) is 0.167. The quantitative estimate of drug-likeness (QED) is 0.244. The van der Waals surface area contributed by atoms with E-state index in [1.54, 1.807) is 26.0 Å². The lowest BCUT2D eigenvalue weighted by atomic mass is 9.81. The second kappa shape index (κ2) is 6.63. The minimum atomic E-state index is -1.50. The molecule has 2 atom stereocenters. The lowest BCUT2D eigenvalue weighted by molar-refractivity contribution is 0.0698. The highest BCUT2D eigenvalue weighted by Crippen LogP contribution is 2.48. The molecule has 2 aromatic carbocycles. The topological polar surface area (TPSA) is 155 Å². The summed E-state index contributed by atoms with van der Waals surface area (Å²) in [4.78, 5) is 51.6. The van der Waals surface area contributed by atoms with Gasteiger partial charge >= 0.3 is 5.97 Å². The van der Waals surface area contributed by atoms with Crippen LogP contribution >= 0.6 is 0 Å². The van der Waals surface area contributed by atoms with Crippen molar-refractivity contribution in [3.05, 3.63) is 80.2 Å². The van der Waals surface area contributed by atoms with Crippen molar-refractivity contribution >= 4 is 28.5 Å². The number of carbonyl (C=O) groups excluding carboxylic acids is 2. The molecule has 0 radical (unpaired) electrons. The molecule has 3 N–H and O–H groups in total. The van der Waals surface area contributed by atoms with Crippen molar-refractivity contribution in [1.82, 2.24) is 0 Å². The molecule has 166 valence electrons. The molecule has 0 spiro atoms. The van der Waals surface area contributed by atoms with E-state index in [2.05, 4.69) is 0 Å². The van der Waals surface area contributed by atoms with Crippen LogP contribution in [0.15, 0.2) is 45.6 Å². The summed E-state index contributed by atoms with van der Waals surface area (Å²) in [5.41, 5.74) is -4.29. The van der Waals surface area contributed by atoms with E-state index in [0.29, 0.717) is 0 Å². The number of aromatic carboxylic acids is 1. The van der Waals surface area contributed by atoms with Crippen LogP contribution in [-0.4, -0.2) is 39.0 Å². The second-order valence-electron chi connectivity index (χ2n) is 8.01. The van der Waals surface area contributed by atoms with E-state index in [-0.39, 0.29) is 22.3 Å². The Morgan fingerprint density at radius 2 is 1.67 bits per heavy atom. The number of epoxide rings is 1. The number of carboxylic acid groups (broad SMARTS) is 1. The van der Waals surface area contributed by atoms with Crippen molar-refractivity contribution in [2.24, 2.45) is 0 Å². The number of carbonyl (C=O) groups is 3. The van der Waals surface area contributed by atoms with E-state index in [1.807, 2.05) is 0 Å². The number of aromatic hydroxyl groups is 2. The summed E-state index contributed by atoms with van der Waals surface area (Å²) in [6, 6.07) is 4.13. The third-order valence-corrected chi connectivity index (χ3v) is 6.03. The number of allylic oxidation sites excluding steroid dienone is 1. The third-order valence-electron chi connectivity index (χ3n) is 6.03. The van der Waals surface area contributed by atoms with E-state index in [1.165, 1.54) is 0 Å². The van der Waals surface area contributed by atoms with Crippen molar-refractivity contribution in [3.8, 4) is 11.5 Å². The molecule has 1 aromatic heterocycles. The van der Waals surface area contributed by atoms with E-state index >= 15 is 0 Å². The van der Waals surface area contributed by atoms with Crippen molar-refractivity contribution in [3.63, 3.8) is 0 Å². The van der Waals surface area contributed by atoms with Crippen LogP contribution in [0.5, 0.6) is 11.5 Å². The Bertz CT molecular complexity index is 1530. The fourth-order valence-electron chi connectivity index (χ4n) is 4.28. The summed E-state index contributed by atoms with van der Waals surface area (Å²) in [7, 11) is 0. The lowest BCUT2D eigenvalue weighted by Crippen LogP contribution is -2.24. The third kappa shape index (κ3) is 2.69. The summed E-state index contributed by atoms with van der Waals surface area (Å²) in [6.07, 6.45) is 3.10. The van der Waals surface area contributed by atoms with Crippen LogP contribution in [0.1, 0.15) is 61.8 Å². The van der Waals surface area contributed by atoms with E-state index < -0.39 is 68.4 Å². The van der Waals surface area contributed by atoms with Crippen molar-refractivity contribution in [1.29, 1.82) is 0 Å². The Morgan fingerprint density at radius 1 is 1.03 bits per heavy atom. The zero-order chi connectivity index (χ0) is 23.8. The maximum absolute atomic E-state index is 13.4. The fourth-order valence-corrected chi connectivity index (χ4v) is 4.28. The van der Waals surface area contributed by atoms with Gasteiger partial charge in [0.25, 0.3) is 0 Å². The highest BCUT2D eigenvalue weighted by Gasteiger charge is 2.55. The Labute approximate surface area is 185 Å². The molecule has 0 saturated carbocycles. The Hall–Kier alpha value is -4.24. The van der Waals surface area contributed by atoms with E-state index in [9.17, 15) is 34.5 Å². The summed E-state index contributed by atoms with van der Waals surface area (Å²) in [6.45, 7) is 3.46. The molecule has 2 heterocycles. The van der Waals surface area contributed by atoms with Crippen molar-refractivity contribution < 1.29 is 38.9 Å². The first-order valence-electron chi connectivity index (χ1n) is 9.93. The zero-order valence-corrected chi connectivity index (χ0v) is 17.3. The van der Waals surface area contributed by atoms with Gasteiger partial charge in [-0.1, -0.05) is 12.2 Å². The van der Waals surface area contributed by atoms with Gasteiger partial charge in [-0.05, 0) is 32.0 Å². The largest absolute Gasteiger partial charge is 0.507 e. The second-order valence-corrected chi connectivity index (χ2v) is 8.01. The number of phenolic OH excluding ortho intramolecular Hbond substituents is 2. The standard InChI is InChI=1S/C24H16O9/c1-3-4-14-24(2,33-14)15-8-13(27)16-10(23(30)31)7-9-17(22(16)32-15)21(29)19-12(26)6-5-11(25)18(19)20(9)28/h3-8,14,25-26H,1-2H3,(H,30,31)/b4-3-/t14-,24-/m1/s1. The van der Waals surface area contributed by atoms with Gasteiger partial charge in [-0.3, -0.25) is 14.4 Å². The first-order valence-corrected chi connectivity index (χ1v) is 9.93. The summed E-state index contributed by atoms with van der Waals surface area (Å²) >= 11 is 0. The number of phenols is 2. The van der Waals surface area contributed by atoms with Crippen LogP contribution in [0.3, 0.4) is 0 Å². The predicted molar refractivity (Wildman–Crippen MR) is 113 cm³/mol. The number of fused-ring (bicyclic) bond motifs is 4. The average molecular weight is 448 g/mol. The highest BCUT2D eigenvalue weighted by atomic mass is 16.6. The minimum absolute atomic E-state index is 0.0546. The van der Waals surface area contributed by atoms with E-state index in [0.717, 1.165) is 24.3 Å². The molecule has 33 heavy (non-hydrogen) atoms. The van der Waals surface area contributed by atoms with Gasteiger partial charge in [-0.15, -0.1) is 0 Å².